The molecule has 2 heterocycles. The molecule has 0 spiro atoms. The smallest absolute Gasteiger partial charge is 0.277 e. The van der Waals surface area contributed by atoms with Crippen molar-refractivity contribution in [3.63, 3.8) is 0 Å². The second-order valence-corrected chi connectivity index (χ2v) is 7.88. The fraction of sp³-hybridized carbons (Fsp3) is 0.273. The van der Waals surface area contributed by atoms with Gasteiger partial charge in [0.05, 0.1) is 10.6 Å². The SMILES string of the molecule is O=C1C(c2ccc(Cl)cc2Cl)=C(N2CCCC2)C(=O)N1CCc1ccccc1. The molecule has 0 bridgehead atoms. The number of nitrogens with zero attached hydrogens (tertiary/aromatic N) is 2. The largest absolute Gasteiger partial charge is 0.366 e. The van der Waals surface area contributed by atoms with E-state index in [0.29, 0.717) is 39.8 Å². The number of carbonyl (C=O) groups excluding carboxylic acids is 2. The number of benzene rings is 2. The minimum atomic E-state index is -0.285. The van der Waals surface area contributed by atoms with E-state index in [9.17, 15) is 9.59 Å². The predicted molar refractivity (Wildman–Crippen MR) is 111 cm³/mol. The Balaban J connectivity index is 1.69. The molecule has 0 atom stereocenters. The van der Waals surface area contributed by atoms with Crippen molar-refractivity contribution in [2.75, 3.05) is 19.6 Å². The lowest BCUT2D eigenvalue weighted by atomic mass is 10.0. The number of hydrogen-bond acceptors (Lipinski definition) is 3. The highest BCUT2D eigenvalue weighted by molar-refractivity contribution is 6.41. The molecular formula is C22H20Cl2N2O2. The average molecular weight is 415 g/mol. The van der Waals surface area contributed by atoms with Crippen LogP contribution in [0.15, 0.2) is 54.2 Å². The molecule has 0 radical (unpaired) electrons. The van der Waals surface area contributed by atoms with Crippen LogP contribution in [-0.2, 0) is 16.0 Å². The zero-order valence-electron chi connectivity index (χ0n) is 15.3. The molecule has 2 aromatic rings. The van der Waals surface area contributed by atoms with Crippen molar-refractivity contribution < 1.29 is 9.59 Å². The van der Waals surface area contributed by atoms with Gasteiger partial charge >= 0.3 is 0 Å². The molecule has 1 fully saturated rings. The molecule has 1 saturated heterocycles. The Bertz CT molecular complexity index is 950. The van der Waals surface area contributed by atoms with E-state index >= 15 is 0 Å². The van der Waals surface area contributed by atoms with E-state index in [-0.39, 0.29) is 11.8 Å². The molecular weight excluding hydrogens is 395 g/mol. The van der Waals surface area contributed by atoms with E-state index in [1.807, 2.05) is 35.2 Å². The quantitative estimate of drug-likeness (QED) is 0.680. The maximum Gasteiger partial charge on any atom is 0.277 e. The summed E-state index contributed by atoms with van der Waals surface area (Å²) in [5.74, 6) is -0.518. The van der Waals surface area contributed by atoms with E-state index in [4.69, 9.17) is 23.2 Å². The van der Waals surface area contributed by atoms with Gasteiger partial charge in [-0.2, -0.15) is 0 Å². The zero-order chi connectivity index (χ0) is 19.7. The number of amides is 2. The van der Waals surface area contributed by atoms with Crippen molar-refractivity contribution in [3.05, 3.63) is 75.4 Å². The second-order valence-electron chi connectivity index (χ2n) is 7.04. The molecule has 0 saturated carbocycles. The van der Waals surface area contributed by atoms with Crippen LogP contribution in [0.25, 0.3) is 5.57 Å². The Kier molecular flexibility index (Phi) is 5.42. The number of hydrogen-bond donors (Lipinski definition) is 0. The summed E-state index contributed by atoms with van der Waals surface area (Å²) in [5.41, 5.74) is 2.51. The van der Waals surface area contributed by atoms with Gasteiger partial charge in [0.25, 0.3) is 11.8 Å². The van der Waals surface area contributed by atoms with Crippen LogP contribution in [0.3, 0.4) is 0 Å². The van der Waals surface area contributed by atoms with Gasteiger partial charge in [0.2, 0.25) is 0 Å². The van der Waals surface area contributed by atoms with Gasteiger partial charge in [-0.05, 0) is 37.0 Å². The molecule has 6 heteroatoms. The topological polar surface area (TPSA) is 40.6 Å². The van der Waals surface area contributed by atoms with Crippen molar-refractivity contribution in [3.8, 4) is 0 Å². The second kappa shape index (κ2) is 7.98. The standard InChI is InChI=1S/C22H20Cl2N2O2/c23-16-8-9-17(18(24)14-16)19-20(25-11-4-5-12-25)22(28)26(21(19)27)13-10-15-6-2-1-3-7-15/h1-3,6-9,14H,4-5,10-13H2. The number of rotatable bonds is 5. The minimum Gasteiger partial charge on any atom is -0.366 e. The summed E-state index contributed by atoms with van der Waals surface area (Å²) in [6.07, 6.45) is 2.64. The molecule has 4 rings (SSSR count). The van der Waals surface area contributed by atoms with Gasteiger partial charge in [0, 0.05) is 30.2 Å². The minimum absolute atomic E-state index is 0.233. The third kappa shape index (κ3) is 3.54. The molecule has 0 aliphatic carbocycles. The van der Waals surface area contributed by atoms with E-state index in [1.54, 1.807) is 18.2 Å². The van der Waals surface area contributed by atoms with Crippen LogP contribution in [0, 0.1) is 0 Å². The molecule has 28 heavy (non-hydrogen) atoms. The van der Waals surface area contributed by atoms with Crippen molar-refractivity contribution in [2.45, 2.75) is 19.3 Å². The van der Waals surface area contributed by atoms with Gasteiger partial charge in [0.1, 0.15) is 5.70 Å². The van der Waals surface area contributed by atoms with Crippen LogP contribution in [0.2, 0.25) is 10.0 Å². The maximum absolute atomic E-state index is 13.3. The molecule has 2 amide bonds. The van der Waals surface area contributed by atoms with Crippen molar-refractivity contribution in [2.24, 2.45) is 0 Å². The first kappa shape index (κ1) is 19.0. The molecule has 2 aliphatic heterocycles. The summed E-state index contributed by atoms with van der Waals surface area (Å²) in [4.78, 5) is 29.9. The van der Waals surface area contributed by atoms with E-state index in [1.165, 1.54) is 4.90 Å². The van der Waals surface area contributed by atoms with Crippen LogP contribution in [-0.4, -0.2) is 41.2 Å². The highest BCUT2D eigenvalue weighted by Crippen LogP contribution is 2.37. The molecule has 0 aromatic heterocycles. The Morgan fingerprint density at radius 1 is 0.893 bits per heavy atom. The fourth-order valence-corrected chi connectivity index (χ4v) is 4.32. The van der Waals surface area contributed by atoms with E-state index < -0.39 is 0 Å². The van der Waals surface area contributed by atoms with Crippen molar-refractivity contribution in [1.82, 2.24) is 9.80 Å². The summed E-state index contributed by atoms with van der Waals surface area (Å²) in [5, 5.41) is 0.875. The lowest BCUT2D eigenvalue weighted by molar-refractivity contribution is -0.137. The lowest BCUT2D eigenvalue weighted by Gasteiger charge is -2.20. The monoisotopic (exact) mass is 414 g/mol. The normalized spacial score (nSPS) is 17.2. The van der Waals surface area contributed by atoms with Gasteiger partial charge < -0.3 is 4.90 Å². The highest BCUT2D eigenvalue weighted by atomic mass is 35.5. The number of imide groups is 1. The van der Waals surface area contributed by atoms with Crippen molar-refractivity contribution >= 4 is 40.6 Å². The molecule has 2 aliphatic rings. The van der Waals surface area contributed by atoms with Crippen LogP contribution in [0.5, 0.6) is 0 Å². The first-order chi connectivity index (χ1) is 13.6. The first-order valence-corrected chi connectivity index (χ1v) is 10.2. The van der Waals surface area contributed by atoms with Gasteiger partial charge in [-0.25, -0.2) is 0 Å². The summed E-state index contributed by atoms with van der Waals surface area (Å²) in [6.45, 7) is 1.89. The molecule has 0 N–H and O–H groups in total. The van der Waals surface area contributed by atoms with Gasteiger partial charge in [-0.15, -0.1) is 0 Å². The van der Waals surface area contributed by atoms with Gasteiger partial charge in [-0.3, -0.25) is 14.5 Å². The lowest BCUT2D eigenvalue weighted by Crippen LogP contribution is -2.36. The number of carbonyl (C=O) groups is 2. The zero-order valence-corrected chi connectivity index (χ0v) is 16.8. The van der Waals surface area contributed by atoms with Crippen LogP contribution in [0.1, 0.15) is 24.0 Å². The Morgan fingerprint density at radius 2 is 1.61 bits per heavy atom. The molecule has 4 nitrogen and oxygen atoms in total. The molecule has 0 unspecified atom stereocenters. The van der Waals surface area contributed by atoms with E-state index in [2.05, 4.69) is 0 Å². The van der Waals surface area contributed by atoms with Crippen LogP contribution >= 0.6 is 23.2 Å². The van der Waals surface area contributed by atoms with Gasteiger partial charge in [-0.1, -0.05) is 59.6 Å². The van der Waals surface area contributed by atoms with Crippen LogP contribution < -0.4 is 0 Å². The highest BCUT2D eigenvalue weighted by Gasteiger charge is 2.42. The summed E-state index contributed by atoms with van der Waals surface area (Å²) in [6, 6.07) is 14.9. The Hall–Kier alpha value is -2.30. The Labute approximate surface area is 174 Å². The predicted octanol–water partition coefficient (Wildman–Crippen LogP) is 4.41. The third-order valence-electron chi connectivity index (χ3n) is 5.23. The first-order valence-electron chi connectivity index (χ1n) is 9.41. The Morgan fingerprint density at radius 3 is 2.29 bits per heavy atom. The fourth-order valence-electron chi connectivity index (χ4n) is 3.82. The third-order valence-corrected chi connectivity index (χ3v) is 5.78. The van der Waals surface area contributed by atoms with E-state index in [0.717, 1.165) is 31.5 Å². The summed E-state index contributed by atoms with van der Waals surface area (Å²) < 4.78 is 0. The van der Waals surface area contributed by atoms with Gasteiger partial charge in [0.15, 0.2) is 0 Å². The summed E-state index contributed by atoms with van der Waals surface area (Å²) in [7, 11) is 0. The number of likely N-dealkylation sites (tertiary alicyclic amines) is 1. The molecule has 144 valence electrons. The average Bonchev–Trinajstić information content (AvgIpc) is 3.28. The van der Waals surface area contributed by atoms with Crippen molar-refractivity contribution in [1.29, 1.82) is 0 Å². The molecule has 2 aromatic carbocycles. The maximum atomic E-state index is 13.3. The number of halogens is 2. The van der Waals surface area contributed by atoms with Crippen LogP contribution in [0.4, 0.5) is 0 Å². The summed E-state index contributed by atoms with van der Waals surface area (Å²) >= 11 is 12.4.